The average Bonchev–Trinajstić information content (AvgIpc) is 2.78. The lowest BCUT2D eigenvalue weighted by molar-refractivity contribution is 0.268. The summed E-state index contributed by atoms with van der Waals surface area (Å²) in [5.41, 5.74) is 7.51. The largest absolute Gasteiger partial charge is 0.329 e. The van der Waals surface area contributed by atoms with Crippen LogP contribution in [0.1, 0.15) is 36.1 Å². The Morgan fingerprint density at radius 2 is 2.28 bits per heavy atom. The van der Waals surface area contributed by atoms with Crippen molar-refractivity contribution < 1.29 is 0 Å². The predicted octanol–water partition coefficient (Wildman–Crippen LogP) is 3.00. The minimum absolute atomic E-state index is 0.0409. The van der Waals surface area contributed by atoms with Gasteiger partial charge in [-0.1, -0.05) is 13.8 Å². The van der Waals surface area contributed by atoms with E-state index in [9.17, 15) is 0 Å². The Morgan fingerprint density at radius 1 is 1.50 bits per heavy atom. The number of hydrogen-bond acceptors (Lipinski definition) is 4. The Labute approximate surface area is 119 Å². The number of thioether (sulfide) groups is 1. The number of thiophene rings is 1. The summed E-state index contributed by atoms with van der Waals surface area (Å²) in [5, 5.41) is 3.65. The third kappa shape index (κ3) is 3.10. The highest BCUT2D eigenvalue weighted by atomic mass is 32.2. The third-order valence-electron chi connectivity index (χ3n) is 4.04. The first-order chi connectivity index (χ1) is 8.55. The van der Waals surface area contributed by atoms with Crippen LogP contribution in [0.5, 0.6) is 0 Å². The van der Waals surface area contributed by atoms with Crippen molar-refractivity contribution in [2.75, 3.05) is 12.3 Å². The molecule has 102 valence electrons. The Morgan fingerprint density at radius 3 is 2.89 bits per heavy atom. The normalized spacial score (nSPS) is 18.7. The average molecular weight is 284 g/mol. The number of rotatable bonds is 5. The highest BCUT2D eigenvalue weighted by molar-refractivity contribution is 7.98. The first-order valence-corrected chi connectivity index (χ1v) is 8.65. The lowest BCUT2D eigenvalue weighted by Gasteiger charge is -2.33. The van der Waals surface area contributed by atoms with Gasteiger partial charge in [-0.3, -0.25) is 0 Å². The van der Waals surface area contributed by atoms with Gasteiger partial charge in [-0.05, 0) is 36.6 Å². The molecule has 4 heteroatoms. The van der Waals surface area contributed by atoms with Gasteiger partial charge in [0.15, 0.2) is 0 Å². The van der Waals surface area contributed by atoms with E-state index in [1.54, 1.807) is 10.4 Å². The van der Waals surface area contributed by atoms with Gasteiger partial charge in [0, 0.05) is 34.1 Å². The van der Waals surface area contributed by atoms with E-state index >= 15 is 0 Å². The Hall–Kier alpha value is -0.0300. The Kier molecular flexibility index (Phi) is 4.75. The van der Waals surface area contributed by atoms with Crippen LogP contribution in [0.4, 0.5) is 0 Å². The van der Waals surface area contributed by atoms with Gasteiger partial charge in [0.25, 0.3) is 0 Å². The number of nitrogens with two attached hydrogens (primary N) is 1. The van der Waals surface area contributed by atoms with Crippen molar-refractivity contribution in [2.24, 2.45) is 11.7 Å². The molecule has 1 aromatic rings. The number of nitrogens with one attached hydrogen (secondary N) is 1. The molecule has 1 aliphatic rings. The summed E-state index contributed by atoms with van der Waals surface area (Å²) < 4.78 is 0. The quantitative estimate of drug-likeness (QED) is 0.873. The minimum Gasteiger partial charge on any atom is -0.329 e. The second-order valence-corrected chi connectivity index (χ2v) is 7.92. The highest BCUT2D eigenvalue weighted by Gasteiger charge is 2.26. The van der Waals surface area contributed by atoms with Crippen molar-refractivity contribution in [2.45, 2.75) is 45.0 Å². The molecular weight excluding hydrogens is 260 g/mol. The molecule has 1 atom stereocenters. The van der Waals surface area contributed by atoms with E-state index < -0.39 is 0 Å². The van der Waals surface area contributed by atoms with Crippen LogP contribution in [-0.4, -0.2) is 17.8 Å². The topological polar surface area (TPSA) is 38.0 Å². The molecule has 0 amide bonds. The Bertz CT molecular complexity index is 377. The second-order valence-electron chi connectivity index (χ2n) is 5.59. The third-order valence-corrected chi connectivity index (χ3v) is 6.29. The van der Waals surface area contributed by atoms with Crippen LogP contribution >= 0.6 is 23.1 Å². The maximum atomic E-state index is 5.91. The zero-order chi connectivity index (χ0) is 13.2. The first-order valence-electron chi connectivity index (χ1n) is 6.68. The van der Waals surface area contributed by atoms with E-state index in [2.05, 4.69) is 43.9 Å². The molecular formula is C14H24N2S2. The van der Waals surface area contributed by atoms with Crippen molar-refractivity contribution in [1.82, 2.24) is 5.32 Å². The summed E-state index contributed by atoms with van der Waals surface area (Å²) in [6, 6.07) is 2.39. The van der Waals surface area contributed by atoms with Crippen LogP contribution in [0.15, 0.2) is 6.07 Å². The molecule has 0 saturated carbocycles. The zero-order valence-corrected chi connectivity index (χ0v) is 13.2. The standard InChI is InChI=1S/C14H24N2S2/c1-10(2)14(3,9-15)16-7-12-6-11-8-17-5-4-13(11)18-12/h6,10,16H,4-5,7-9,15H2,1-3H3. The minimum atomic E-state index is 0.0409. The molecule has 1 aliphatic heterocycles. The molecule has 0 aromatic carbocycles. The first kappa shape index (κ1) is 14.4. The van der Waals surface area contributed by atoms with Crippen molar-refractivity contribution in [3.8, 4) is 0 Å². The highest BCUT2D eigenvalue weighted by Crippen LogP contribution is 2.32. The van der Waals surface area contributed by atoms with Gasteiger partial charge in [0.1, 0.15) is 0 Å². The van der Waals surface area contributed by atoms with E-state index in [0.29, 0.717) is 12.5 Å². The van der Waals surface area contributed by atoms with Gasteiger partial charge in [0.05, 0.1) is 0 Å². The SMILES string of the molecule is CC(C)C(C)(CN)NCc1cc2c(s1)CCSC2. The zero-order valence-electron chi connectivity index (χ0n) is 11.6. The van der Waals surface area contributed by atoms with Gasteiger partial charge >= 0.3 is 0 Å². The van der Waals surface area contributed by atoms with E-state index in [1.165, 1.54) is 22.8 Å². The molecule has 0 radical (unpaired) electrons. The molecule has 18 heavy (non-hydrogen) atoms. The Balaban J connectivity index is 1.99. The molecule has 0 saturated heterocycles. The fourth-order valence-corrected chi connectivity index (χ4v) is 4.42. The molecule has 0 fully saturated rings. The second kappa shape index (κ2) is 5.95. The summed E-state index contributed by atoms with van der Waals surface area (Å²) >= 11 is 4.03. The smallest absolute Gasteiger partial charge is 0.0305 e. The maximum Gasteiger partial charge on any atom is 0.0305 e. The predicted molar refractivity (Wildman–Crippen MR) is 83.3 cm³/mol. The molecule has 2 nitrogen and oxygen atoms in total. The lowest BCUT2D eigenvalue weighted by Crippen LogP contribution is -2.52. The van der Waals surface area contributed by atoms with Crippen molar-refractivity contribution in [3.05, 3.63) is 21.4 Å². The van der Waals surface area contributed by atoms with Crippen molar-refractivity contribution >= 4 is 23.1 Å². The van der Waals surface area contributed by atoms with Crippen LogP contribution in [0.25, 0.3) is 0 Å². The molecule has 2 heterocycles. The number of fused-ring (bicyclic) bond motifs is 1. The number of aryl methyl sites for hydroxylation is 1. The van der Waals surface area contributed by atoms with Gasteiger partial charge in [0.2, 0.25) is 0 Å². The van der Waals surface area contributed by atoms with Crippen LogP contribution in [0.3, 0.4) is 0 Å². The monoisotopic (exact) mass is 284 g/mol. The van der Waals surface area contributed by atoms with Gasteiger partial charge in [-0.25, -0.2) is 0 Å². The van der Waals surface area contributed by atoms with Crippen LogP contribution in [0, 0.1) is 5.92 Å². The molecule has 3 N–H and O–H groups in total. The van der Waals surface area contributed by atoms with E-state index in [0.717, 1.165) is 6.54 Å². The summed E-state index contributed by atoms with van der Waals surface area (Å²) in [5.74, 6) is 3.03. The van der Waals surface area contributed by atoms with Crippen LogP contribution in [0.2, 0.25) is 0 Å². The molecule has 0 aliphatic carbocycles. The maximum absolute atomic E-state index is 5.91. The van der Waals surface area contributed by atoms with Crippen LogP contribution < -0.4 is 11.1 Å². The van der Waals surface area contributed by atoms with Crippen LogP contribution in [-0.2, 0) is 18.7 Å². The summed E-state index contributed by atoms with van der Waals surface area (Å²) in [7, 11) is 0. The fraction of sp³-hybridized carbons (Fsp3) is 0.714. The van der Waals surface area contributed by atoms with Gasteiger partial charge < -0.3 is 11.1 Å². The molecule has 2 rings (SSSR count). The summed E-state index contributed by atoms with van der Waals surface area (Å²) in [4.78, 5) is 3.06. The lowest BCUT2D eigenvalue weighted by atomic mass is 9.88. The molecule has 0 bridgehead atoms. The van der Waals surface area contributed by atoms with Gasteiger partial charge in [-0.2, -0.15) is 11.8 Å². The van der Waals surface area contributed by atoms with Crippen molar-refractivity contribution in [1.29, 1.82) is 0 Å². The molecule has 1 unspecified atom stereocenters. The summed E-state index contributed by atoms with van der Waals surface area (Å²) in [6.07, 6.45) is 1.25. The van der Waals surface area contributed by atoms with Crippen molar-refractivity contribution in [3.63, 3.8) is 0 Å². The van der Waals surface area contributed by atoms with E-state index in [-0.39, 0.29) is 5.54 Å². The molecule has 0 spiro atoms. The van der Waals surface area contributed by atoms with E-state index in [1.807, 2.05) is 11.3 Å². The fourth-order valence-electron chi connectivity index (χ4n) is 2.10. The molecule has 1 aromatic heterocycles. The summed E-state index contributed by atoms with van der Waals surface area (Å²) in [6.45, 7) is 8.33. The van der Waals surface area contributed by atoms with Gasteiger partial charge in [-0.15, -0.1) is 11.3 Å². The van der Waals surface area contributed by atoms with E-state index in [4.69, 9.17) is 5.73 Å². The number of hydrogen-bond donors (Lipinski definition) is 2.